The lowest BCUT2D eigenvalue weighted by atomic mass is 10.2. The van der Waals surface area contributed by atoms with E-state index in [0.29, 0.717) is 0 Å². The highest BCUT2D eigenvalue weighted by molar-refractivity contribution is 9.10. The quantitative estimate of drug-likeness (QED) is 0.703. The van der Waals surface area contributed by atoms with Crippen molar-refractivity contribution in [2.45, 2.75) is 13.8 Å². The molecule has 2 rings (SSSR count). The van der Waals surface area contributed by atoms with E-state index < -0.39 is 0 Å². The molecule has 2 nitrogen and oxygen atoms in total. The van der Waals surface area contributed by atoms with Crippen LogP contribution in [0.4, 0.5) is 0 Å². The third kappa shape index (κ3) is 1.33. The summed E-state index contributed by atoms with van der Waals surface area (Å²) in [6.07, 6.45) is 1.76. The normalized spacial score (nSPS) is 10.7. The molecule has 3 heteroatoms. The van der Waals surface area contributed by atoms with E-state index in [1.165, 1.54) is 5.56 Å². The van der Waals surface area contributed by atoms with Crippen molar-refractivity contribution in [1.29, 1.82) is 0 Å². The van der Waals surface area contributed by atoms with Crippen molar-refractivity contribution >= 4 is 27.0 Å². The minimum atomic E-state index is 0.803. The second-order valence-electron chi connectivity index (χ2n) is 3.01. The second-order valence-corrected chi connectivity index (χ2v) is 3.80. The van der Waals surface area contributed by atoms with E-state index in [-0.39, 0.29) is 0 Å². The van der Waals surface area contributed by atoms with Gasteiger partial charge in [-0.2, -0.15) is 0 Å². The molecule has 2 aromatic rings. The molecule has 0 bridgehead atoms. The summed E-state index contributed by atoms with van der Waals surface area (Å²) in [5.74, 6) is 0. The molecule has 0 amide bonds. The summed E-state index contributed by atoms with van der Waals surface area (Å²) in [7, 11) is 0. The minimum Gasteiger partial charge on any atom is -0.237 e. The smallest absolute Gasteiger partial charge is 0.160 e. The molecule has 2 aromatic heterocycles. The van der Waals surface area contributed by atoms with Gasteiger partial charge in [-0.3, -0.25) is 0 Å². The lowest BCUT2D eigenvalue weighted by molar-refractivity contribution is 1.15. The van der Waals surface area contributed by atoms with Crippen LogP contribution in [-0.4, -0.2) is 9.97 Å². The summed E-state index contributed by atoms with van der Waals surface area (Å²) in [6.45, 7) is 4.05. The molecule has 2 heterocycles. The number of hydrogen-bond acceptors (Lipinski definition) is 2. The number of aromatic nitrogens is 2. The van der Waals surface area contributed by atoms with Gasteiger partial charge in [0.1, 0.15) is 0 Å². The van der Waals surface area contributed by atoms with Gasteiger partial charge >= 0.3 is 0 Å². The molecule has 66 valence electrons. The van der Waals surface area contributed by atoms with Gasteiger partial charge in [0.05, 0.1) is 0 Å². The summed E-state index contributed by atoms with van der Waals surface area (Å²) < 4.78 is 1.10. The number of rotatable bonds is 0. The molecule has 0 aliphatic rings. The molecular weight excluding hydrogens is 228 g/mol. The molecule has 0 aliphatic carbocycles. The van der Waals surface area contributed by atoms with E-state index in [1.54, 1.807) is 6.20 Å². The predicted octanol–water partition coefficient (Wildman–Crippen LogP) is 3.01. The summed E-state index contributed by atoms with van der Waals surface area (Å²) >= 11 is 3.55. The Morgan fingerprint density at radius 3 is 2.85 bits per heavy atom. The number of aryl methyl sites for hydroxylation is 1. The number of hydrogen-bond donors (Lipinski definition) is 0. The van der Waals surface area contributed by atoms with Gasteiger partial charge in [0.2, 0.25) is 0 Å². The van der Waals surface area contributed by atoms with Gasteiger partial charge in [0.15, 0.2) is 5.65 Å². The molecule has 13 heavy (non-hydrogen) atoms. The first-order valence-electron chi connectivity index (χ1n) is 4.07. The zero-order chi connectivity index (χ0) is 9.42. The number of pyridine rings is 2. The first-order valence-corrected chi connectivity index (χ1v) is 4.87. The molecule has 0 spiro atoms. The van der Waals surface area contributed by atoms with E-state index in [1.807, 2.05) is 19.1 Å². The fourth-order valence-corrected chi connectivity index (χ4v) is 1.86. The van der Waals surface area contributed by atoms with Gasteiger partial charge in [0.25, 0.3) is 0 Å². The highest BCUT2D eigenvalue weighted by atomic mass is 79.9. The van der Waals surface area contributed by atoms with Crippen LogP contribution in [0.2, 0.25) is 0 Å². The monoisotopic (exact) mass is 236 g/mol. The molecule has 0 radical (unpaired) electrons. The van der Waals surface area contributed by atoms with Crippen LogP contribution in [0, 0.1) is 13.8 Å². The third-order valence-corrected chi connectivity index (χ3v) is 3.19. The molecule has 0 fully saturated rings. The average molecular weight is 237 g/mol. The standard InChI is InChI=1S/C10H9BrN2/c1-6-7(2)13-10-8(9(6)11)4-3-5-12-10/h3-5H,1-2H3. The van der Waals surface area contributed by atoms with Crippen molar-refractivity contribution in [2.75, 3.05) is 0 Å². The Hall–Kier alpha value is -0.960. The number of halogens is 1. The van der Waals surface area contributed by atoms with Crippen molar-refractivity contribution in [3.8, 4) is 0 Å². The van der Waals surface area contributed by atoms with Gasteiger partial charge in [-0.1, -0.05) is 0 Å². The zero-order valence-corrected chi connectivity index (χ0v) is 9.09. The van der Waals surface area contributed by atoms with Crippen LogP contribution in [0.25, 0.3) is 11.0 Å². The maximum absolute atomic E-state index is 4.39. The fourth-order valence-electron chi connectivity index (χ4n) is 1.26. The Balaban J connectivity index is 2.94. The summed E-state index contributed by atoms with van der Waals surface area (Å²) in [4.78, 5) is 8.60. The molecule has 0 saturated heterocycles. The minimum absolute atomic E-state index is 0.803. The maximum atomic E-state index is 4.39. The highest BCUT2D eigenvalue weighted by Crippen LogP contribution is 2.26. The van der Waals surface area contributed by atoms with E-state index in [2.05, 4.69) is 32.8 Å². The Bertz CT molecular complexity index is 466. The Morgan fingerprint density at radius 2 is 2.08 bits per heavy atom. The summed E-state index contributed by atoms with van der Waals surface area (Å²) in [5, 5.41) is 1.07. The number of nitrogens with zero attached hydrogens (tertiary/aromatic N) is 2. The SMILES string of the molecule is Cc1nc2ncccc2c(Br)c1C. The lowest BCUT2D eigenvalue weighted by Crippen LogP contribution is -1.92. The van der Waals surface area contributed by atoms with Crippen LogP contribution < -0.4 is 0 Å². The van der Waals surface area contributed by atoms with Gasteiger partial charge in [0, 0.05) is 21.7 Å². The molecule has 0 saturated carbocycles. The van der Waals surface area contributed by atoms with Crippen LogP contribution >= 0.6 is 15.9 Å². The van der Waals surface area contributed by atoms with Gasteiger partial charge in [-0.15, -0.1) is 0 Å². The van der Waals surface area contributed by atoms with E-state index in [9.17, 15) is 0 Å². The molecular formula is C10H9BrN2. The third-order valence-electron chi connectivity index (χ3n) is 2.17. The lowest BCUT2D eigenvalue weighted by Gasteiger charge is -2.05. The van der Waals surface area contributed by atoms with E-state index >= 15 is 0 Å². The zero-order valence-electron chi connectivity index (χ0n) is 7.50. The van der Waals surface area contributed by atoms with Crippen LogP contribution in [0.5, 0.6) is 0 Å². The van der Waals surface area contributed by atoms with Crippen molar-refractivity contribution in [1.82, 2.24) is 9.97 Å². The second kappa shape index (κ2) is 3.07. The first-order chi connectivity index (χ1) is 6.20. The van der Waals surface area contributed by atoms with Crippen LogP contribution in [0.15, 0.2) is 22.8 Å². The van der Waals surface area contributed by atoms with Crippen molar-refractivity contribution in [3.63, 3.8) is 0 Å². The highest BCUT2D eigenvalue weighted by Gasteiger charge is 2.06. The predicted molar refractivity (Wildman–Crippen MR) is 56.7 cm³/mol. The summed E-state index contributed by atoms with van der Waals surface area (Å²) in [6, 6.07) is 3.94. The van der Waals surface area contributed by atoms with Crippen LogP contribution in [0.1, 0.15) is 11.3 Å². The van der Waals surface area contributed by atoms with E-state index in [0.717, 1.165) is 21.2 Å². The largest absolute Gasteiger partial charge is 0.237 e. The molecule has 0 aliphatic heterocycles. The molecule has 0 N–H and O–H groups in total. The first kappa shape index (κ1) is 8.63. The van der Waals surface area contributed by atoms with Gasteiger partial charge in [-0.25, -0.2) is 9.97 Å². The Labute approximate surface area is 85.1 Å². The molecule has 0 unspecified atom stereocenters. The topological polar surface area (TPSA) is 25.8 Å². The Morgan fingerprint density at radius 1 is 1.31 bits per heavy atom. The number of fused-ring (bicyclic) bond motifs is 1. The van der Waals surface area contributed by atoms with Crippen molar-refractivity contribution < 1.29 is 0 Å². The van der Waals surface area contributed by atoms with Crippen LogP contribution in [0.3, 0.4) is 0 Å². The van der Waals surface area contributed by atoms with Crippen molar-refractivity contribution in [3.05, 3.63) is 34.1 Å². The van der Waals surface area contributed by atoms with Crippen molar-refractivity contribution in [2.24, 2.45) is 0 Å². The Kier molecular flexibility index (Phi) is 2.04. The average Bonchev–Trinajstić information content (AvgIpc) is 2.15. The van der Waals surface area contributed by atoms with E-state index in [4.69, 9.17) is 0 Å². The van der Waals surface area contributed by atoms with Crippen LogP contribution in [-0.2, 0) is 0 Å². The summed E-state index contributed by atoms with van der Waals surface area (Å²) in [5.41, 5.74) is 3.01. The maximum Gasteiger partial charge on any atom is 0.160 e. The van der Waals surface area contributed by atoms with Gasteiger partial charge < -0.3 is 0 Å². The fraction of sp³-hybridized carbons (Fsp3) is 0.200. The molecule has 0 atom stereocenters. The molecule has 0 aromatic carbocycles. The van der Waals surface area contributed by atoms with Gasteiger partial charge in [-0.05, 0) is 47.5 Å².